The molecule has 4 fully saturated rings. The molecule has 4 atom stereocenters. The van der Waals surface area contributed by atoms with Gasteiger partial charge in [-0.2, -0.15) is 10.5 Å². The number of aromatic nitrogens is 1. The monoisotopic (exact) mass is 773 g/mol. The van der Waals surface area contributed by atoms with Gasteiger partial charge in [-0.3, -0.25) is 0 Å². The Labute approximate surface area is 348 Å². The molecule has 0 amide bonds. The van der Waals surface area contributed by atoms with Crippen molar-refractivity contribution in [1.82, 2.24) is 4.40 Å². The van der Waals surface area contributed by atoms with Crippen LogP contribution in [-0.4, -0.2) is 4.40 Å². The van der Waals surface area contributed by atoms with Gasteiger partial charge in [-0.15, -0.1) is 0 Å². The lowest BCUT2D eigenvalue weighted by Gasteiger charge is -2.38. The first-order valence-electron chi connectivity index (χ1n) is 22.8. The molecule has 9 aromatic rings. The van der Waals surface area contributed by atoms with E-state index >= 15 is 0 Å². The fourth-order valence-electron chi connectivity index (χ4n) is 15.6. The van der Waals surface area contributed by atoms with Gasteiger partial charge in [0.2, 0.25) is 0 Å². The van der Waals surface area contributed by atoms with Crippen molar-refractivity contribution in [3.63, 3.8) is 0 Å². The summed E-state index contributed by atoms with van der Waals surface area (Å²) in [7, 11) is 0. The van der Waals surface area contributed by atoms with Crippen molar-refractivity contribution in [2.24, 2.45) is 23.7 Å². The Morgan fingerprint density at radius 3 is 1.55 bits per heavy atom. The maximum Gasteiger partial charge on any atom is 0.143 e. The van der Waals surface area contributed by atoms with Crippen LogP contribution in [0.15, 0.2) is 95.4 Å². The summed E-state index contributed by atoms with van der Waals surface area (Å²) in [6.45, 7) is 0. The average Bonchev–Trinajstić information content (AvgIpc) is 3.83. The number of hydrogen-bond donors (Lipinski definition) is 0. The third-order valence-electron chi connectivity index (χ3n) is 17.2. The van der Waals surface area contributed by atoms with Gasteiger partial charge in [-0.1, -0.05) is 54.6 Å². The lowest BCUT2D eigenvalue weighted by atomic mass is 9.67. The summed E-state index contributed by atoms with van der Waals surface area (Å²) < 4.78 is 9.39. The number of nitriles is 2. The summed E-state index contributed by atoms with van der Waals surface area (Å²) in [5, 5.41) is 29.7. The molecule has 4 unspecified atom stereocenters. The first-order valence-corrected chi connectivity index (χ1v) is 22.8. The van der Waals surface area contributed by atoms with E-state index in [2.05, 4.69) is 108 Å². The van der Waals surface area contributed by atoms with Crippen LogP contribution in [0.5, 0.6) is 0 Å². The van der Waals surface area contributed by atoms with E-state index < -0.39 is 0 Å². The van der Waals surface area contributed by atoms with Gasteiger partial charge >= 0.3 is 0 Å². The van der Waals surface area contributed by atoms with Crippen LogP contribution >= 0.6 is 0 Å². The Balaban J connectivity index is 1.14. The molecular weight excluding hydrogens is 731 g/mol. The number of furan rings is 1. The Bertz CT molecular complexity index is 3300. The second-order valence-corrected chi connectivity index (χ2v) is 20.2. The van der Waals surface area contributed by atoms with E-state index in [1.165, 1.54) is 125 Å². The summed E-state index contributed by atoms with van der Waals surface area (Å²) in [6.07, 6.45) is 12.5. The Hall–Kier alpha value is -6.10. The SMILES string of the molecule is N#Cc1cc2c(c3c1C1CC4CC(C1)CC3C4)c1cc(-c3ccc4c(oc5ccccc54)c3-c3ccccc3)cc3c4c5c(c(C#N)cc4n2c13)C1CC2CC(C1)CC5C2. The Kier molecular flexibility index (Phi) is 6.20. The van der Waals surface area contributed by atoms with Gasteiger partial charge in [0.05, 0.1) is 39.8 Å². The van der Waals surface area contributed by atoms with Gasteiger partial charge in [-0.05, 0) is 187 Å². The Morgan fingerprint density at radius 2 is 1.00 bits per heavy atom. The normalized spacial score (nSPS) is 27.3. The number of rotatable bonds is 2. The molecule has 0 N–H and O–H groups in total. The molecule has 6 aromatic carbocycles. The molecule has 3 heterocycles. The molecule has 60 heavy (non-hydrogen) atoms. The van der Waals surface area contributed by atoms with Gasteiger partial charge < -0.3 is 8.82 Å². The van der Waals surface area contributed by atoms with Crippen molar-refractivity contribution >= 4 is 60.0 Å². The van der Waals surface area contributed by atoms with Gasteiger partial charge in [-0.25, -0.2) is 0 Å². The molecule has 17 rings (SSSR count). The number of benzene rings is 6. The van der Waals surface area contributed by atoms with Gasteiger partial charge in [0.15, 0.2) is 0 Å². The van der Waals surface area contributed by atoms with Gasteiger partial charge in [0.1, 0.15) is 11.2 Å². The van der Waals surface area contributed by atoms with Crippen LogP contribution in [0.3, 0.4) is 0 Å². The molecule has 8 aliphatic carbocycles. The molecule has 8 bridgehead atoms. The molecule has 0 radical (unpaired) electrons. The van der Waals surface area contributed by atoms with E-state index in [0.717, 1.165) is 78.9 Å². The van der Waals surface area contributed by atoms with Crippen LogP contribution in [0.2, 0.25) is 0 Å². The first kappa shape index (κ1) is 32.7. The number of nitrogens with zero attached hydrogens (tertiary/aromatic N) is 3. The fraction of sp³-hybridized carbons (Fsp3) is 0.321. The summed E-state index contributed by atoms with van der Waals surface area (Å²) in [4.78, 5) is 0. The highest BCUT2D eigenvalue weighted by molar-refractivity contribution is 6.27. The van der Waals surface area contributed by atoms with Crippen molar-refractivity contribution in [3.05, 3.63) is 124 Å². The highest BCUT2D eigenvalue weighted by Crippen LogP contribution is 2.62. The van der Waals surface area contributed by atoms with Crippen molar-refractivity contribution in [3.8, 4) is 34.4 Å². The van der Waals surface area contributed by atoms with Crippen LogP contribution in [-0.2, 0) is 0 Å². The minimum absolute atomic E-state index is 0.457. The molecule has 0 aliphatic heterocycles. The number of hydrogen-bond acceptors (Lipinski definition) is 3. The molecule has 0 spiro atoms. The Morgan fingerprint density at radius 1 is 0.483 bits per heavy atom. The van der Waals surface area contributed by atoms with E-state index in [-0.39, 0.29) is 0 Å². The van der Waals surface area contributed by atoms with E-state index in [0.29, 0.717) is 23.7 Å². The molecule has 8 aliphatic rings. The van der Waals surface area contributed by atoms with Crippen LogP contribution in [0.1, 0.15) is 121 Å². The topological polar surface area (TPSA) is 65.1 Å². The molecular formula is C56H43N3O. The fourth-order valence-corrected chi connectivity index (χ4v) is 15.6. The second kappa shape index (κ2) is 11.4. The zero-order valence-electron chi connectivity index (χ0n) is 33.6. The van der Waals surface area contributed by atoms with Crippen LogP contribution in [0.25, 0.3) is 82.3 Å². The maximum atomic E-state index is 11.1. The third kappa shape index (κ3) is 4.06. The minimum Gasteiger partial charge on any atom is -0.455 e. The summed E-state index contributed by atoms with van der Waals surface area (Å²) >= 11 is 0. The molecule has 3 aromatic heterocycles. The number of para-hydroxylation sites is 1. The lowest BCUT2D eigenvalue weighted by molar-refractivity contribution is 0.166. The molecule has 4 heteroatoms. The predicted octanol–water partition coefficient (Wildman–Crippen LogP) is 14.6. The van der Waals surface area contributed by atoms with Crippen molar-refractivity contribution in [2.45, 2.75) is 87.9 Å². The van der Waals surface area contributed by atoms with Crippen molar-refractivity contribution < 1.29 is 4.42 Å². The van der Waals surface area contributed by atoms with E-state index in [9.17, 15) is 10.5 Å². The van der Waals surface area contributed by atoms with Gasteiger partial charge in [0, 0.05) is 37.9 Å². The summed E-state index contributed by atoms with van der Waals surface area (Å²) in [5.74, 6) is 4.84. The van der Waals surface area contributed by atoms with E-state index in [4.69, 9.17) is 4.42 Å². The molecule has 4 saturated carbocycles. The zero-order chi connectivity index (χ0) is 39.1. The quantitative estimate of drug-likeness (QED) is 0.176. The smallest absolute Gasteiger partial charge is 0.143 e. The lowest BCUT2D eigenvalue weighted by Crippen LogP contribution is -2.25. The summed E-state index contributed by atoms with van der Waals surface area (Å²) in [6, 6.07) is 39.1. The van der Waals surface area contributed by atoms with Crippen molar-refractivity contribution in [2.75, 3.05) is 0 Å². The van der Waals surface area contributed by atoms with E-state index in [1.807, 2.05) is 0 Å². The van der Waals surface area contributed by atoms with Crippen LogP contribution < -0.4 is 0 Å². The highest BCUT2D eigenvalue weighted by atomic mass is 16.3. The highest BCUT2D eigenvalue weighted by Gasteiger charge is 2.47. The van der Waals surface area contributed by atoms with Gasteiger partial charge in [0.25, 0.3) is 0 Å². The number of fused-ring (bicyclic) bond motifs is 9. The second-order valence-electron chi connectivity index (χ2n) is 20.2. The van der Waals surface area contributed by atoms with Crippen molar-refractivity contribution in [1.29, 1.82) is 10.5 Å². The molecule has 0 saturated heterocycles. The largest absolute Gasteiger partial charge is 0.455 e. The van der Waals surface area contributed by atoms with Crippen LogP contribution in [0.4, 0.5) is 0 Å². The van der Waals surface area contributed by atoms with Crippen LogP contribution in [0, 0.1) is 46.3 Å². The minimum atomic E-state index is 0.457. The first-order chi connectivity index (χ1) is 29.6. The van der Waals surface area contributed by atoms with E-state index in [1.54, 1.807) is 0 Å². The summed E-state index contributed by atoms with van der Waals surface area (Å²) in [5.41, 5.74) is 17.6. The standard InChI is InChI=1S/C56H43N3O/c57-26-38-24-45-53(51-36-18-28-12-29(19-36)15-34(14-28)48(38)51)43-22-33(40-10-11-42-41-8-4-5-9-47(41)60-56(42)50(40)32-6-2-1-3-7-32)23-44-54-46(59(45)55(43)44)25-39(27-58)49-35-16-30-13-31(17-35)21-37(20-30)52(49)54/h1-11,22-25,28-31,34-37H,12-21H2. The predicted molar refractivity (Wildman–Crippen MR) is 240 cm³/mol. The third-order valence-corrected chi connectivity index (χ3v) is 17.2. The molecule has 4 nitrogen and oxygen atoms in total. The molecule has 288 valence electrons. The zero-order valence-corrected chi connectivity index (χ0v) is 33.6. The average molecular weight is 774 g/mol. The maximum absolute atomic E-state index is 11.1.